The predicted octanol–water partition coefficient (Wildman–Crippen LogP) is 0.954. The van der Waals surface area contributed by atoms with Gasteiger partial charge in [-0.15, -0.1) is 0 Å². The quantitative estimate of drug-likeness (QED) is 0.616. The average Bonchev–Trinajstić information content (AvgIpc) is 3.38. The van der Waals surface area contributed by atoms with Crippen molar-refractivity contribution >= 4 is 17.4 Å². The van der Waals surface area contributed by atoms with Crippen LogP contribution in [0.2, 0.25) is 0 Å². The van der Waals surface area contributed by atoms with Gasteiger partial charge in [0.15, 0.2) is 0 Å². The number of hydrogen-bond donors (Lipinski definition) is 1. The third-order valence-corrected chi connectivity index (χ3v) is 6.11. The van der Waals surface area contributed by atoms with E-state index in [2.05, 4.69) is 4.90 Å². The van der Waals surface area contributed by atoms with Gasteiger partial charge in [0.2, 0.25) is 0 Å². The maximum Gasteiger partial charge on any atom is 0.277 e. The topological polar surface area (TPSA) is 82.6 Å². The minimum Gasteiger partial charge on any atom is -0.494 e. The number of benzene rings is 1. The number of β-amino-alcohol motifs (C(OH)–C–C–N with tert-alkyl or cyclic N) is 1. The second kappa shape index (κ2) is 9.80. The Labute approximate surface area is 183 Å². The maximum atomic E-state index is 13.4. The zero-order valence-electron chi connectivity index (χ0n) is 18.1. The SMILES string of the molecule is CCOc1ccc(C2=C(N3CCN(CCO)CC3)C(=O)N(CC3CCCO3)C2=O)cc1. The van der Waals surface area contributed by atoms with Crippen molar-refractivity contribution in [2.24, 2.45) is 0 Å². The van der Waals surface area contributed by atoms with Crippen LogP contribution in [-0.4, -0.2) is 96.8 Å². The molecule has 0 bridgehead atoms. The molecule has 4 rings (SSSR count). The van der Waals surface area contributed by atoms with E-state index in [0.29, 0.717) is 50.7 Å². The standard InChI is InChI=1S/C23H31N3O5/c1-2-30-18-7-5-17(6-8-18)20-21(25-11-9-24(10-12-25)13-14-27)23(29)26(22(20)28)16-19-4-3-15-31-19/h5-8,19,27H,2-4,9-16H2,1H3. The van der Waals surface area contributed by atoms with Crippen LogP contribution < -0.4 is 4.74 Å². The van der Waals surface area contributed by atoms with Crippen LogP contribution in [0.5, 0.6) is 5.75 Å². The summed E-state index contributed by atoms with van der Waals surface area (Å²) in [4.78, 5) is 32.4. The lowest BCUT2D eigenvalue weighted by Crippen LogP contribution is -2.48. The Bertz CT molecular complexity index is 824. The third-order valence-electron chi connectivity index (χ3n) is 6.11. The second-order valence-electron chi connectivity index (χ2n) is 8.09. The minimum absolute atomic E-state index is 0.0877. The fraction of sp³-hybridized carbons (Fsp3) is 0.565. The van der Waals surface area contributed by atoms with Crippen molar-refractivity contribution in [1.29, 1.82) is 0 Å². The molecule has 31 heavy (non-hydrogen) atoms. The highest BCUT2D eigenvalue weighted by Crippen LogP contribution is 2.33. The summed E-state index contributed by atoms with van der Waals surface area (Å²) in [7, 11) is 0. The van der Waals surface area contributed by atoms with Crippen LogP contribution in [0.3, 0.4) is 0 Å². The van der Waals surface area contributed by atoms with E-state index in [9.17, 15) is 14.7 Å². The van der Waals surface area contributed by atoms with Gasteiger partial charge >= 0.3 is 0 Å². The molecule has 0 spiro atoms. The molecule has 0 radical (unpaired) electrons. The Kier molecular flexibility index (Phi) is 6.89. The number of hydrogen-bond acceptors (Lipinski definition) is 7. The summed E-state index contributed by atoms with van der Waals surface area (Å²) < 4.78 is 11.2. The molecule has 1 unspecified atom stereocenters. The zero-order chi connectivity index (χ0) is 21.8. The fourth-order valence-electron chi connectivity index (χ4n) is 4.50. The number of aliphatic hydroxyl groups excluding tert-OH is 1. The first-order valence-electron chi connectivity index (χ1n) is 11.2. The van der Waals surface area contributed by atoms with Crippen LogP contribution in [0.25, 0.3) is 5.57 Å². The van der Waals surface area contributed by atoms with Crippen molar-refractivity contribution in [1.82, 2.24) is 14.7 Å². The van der Waals surface area contributed by atoms with Gasteiger partial charge in [-0.1, -0.05) is 12.1 Å². The average molecular weight is 430 g/mol. The first-order chi connectivity index (χ1) is 15.1. The summed E-state index contributed by atoms with van der Waals surface area (Å²) in [6.45, 7) is 6.98. The molecule has 8 nitrogen and oxygen atoms in total. The predicted molar refractivity (Wildman–Crippen MR) is 115 cm³/mol. The number of ether oxygens (including phenoxy) is 2. The number of piperazine rings is 1. The summed E-state index contributed by atoms with van der Waals surface area (Å²) in [6, 6.07) is 7.37. The monoisotopic (exact) mass is 429 g/mol. The van der Waals surface area contributed by atoms with E-state index in [0.717, 1.165) is 37.2 Å². The molecular formula is C23H31N3O5. The number of carbonyl (C=O) groups is 2. The van der Waals surface area contributed by atoms with Crippen LogP contribution >= 0.6 is 0 Å². The molecular weight excluding hydrogens is 398 g/mol. The van der Waals surface area contributed by atoms with E-state index >= 15 is 0 Å². The minimum atomic E-state index is -0.252. The lowest BCUT2D eigenvalue weighted by Gasteiger charge is -2.36. The smallest absolute Gasteiger partial charge is 0.277 e. The number of rotatable bonds is 8. The molecule has 8 heteroatoms. The van der Waals surface area contributed by atoms with Gasteiger partial charge in [-0.25, -0.2) is 0 Å². The molecule has 3 aliphatic heterocycles. The summed E-state index contributed by atoms with van der Waals surface area (Å²) in [5.41, 5.74) is 1.67. The number of carbonyl (C=O) groups excluding carboxylic acids is 2. The summed E-state index contributed by atoms with van der Waals surface area (Å²) >= 11 is 0. The number of imide groups is 1. The Balaban J connectivity index is 1.62. The van der Waals surface area contributed by atoms with Crippen molar-refractivity contribution in [2.45, 2.75) is 25.9 Å². The molecule has 0 saturated carbocycles. The Morgan fingerprint density at radius 1 is 1.10 bits per heavy atom. The third kappa shape index (κ3) is 4.61. The van der Waals surface area contributed by atoms with Crippen molar-refractivity contribution in [2.75, 3.05) is 59.1 Å². The lowest BCUT2D eigenvalue weighted by atomic mass is 10.0. The van der Waals surface area contributed by atoms with E-state index in [-0.39, 0.29) is 24.5 Å². The molecule has 1 aromatic rings. The normalized spacial score (nSPS) is 22.7. The van der Waals surface area contributed by atoms with Gasteiger partial charge < -0.3 is 19.5 Å². The van der Waals surface area contributed by atoms with Crippen molar-refractivity contribution in [3.8, 4) is 5.75 Å². The fourth-order valence-corrected chi connectivity index (χ4v) is 4.50. The van der Waals surface area contributed by atoms with E-state index in [1.807, 2.05) is 36.1 Å². The Morgan fingerprint density at radius 2 is 1.84 bits per heavy atom. The summed E-state index contributed by atoms with van der Waals surface area (Å²) in [6.07, 6.45) is 1.74. The molecule has 0 aliphatic carbocycles. The van der Waals surface area contributed by atoms with E-state index in [1.54, 1.807) is 0 Å². The van der Waals surface area contributed by atoms with Crippen molar-refractivity contribution in [3.05, 3.63) is 35.5 Å². The number of aliphatic hydroxyl groups is 1. The second-order valence-corrected chi connectivity index (χ2v) is 8.09. The molecule has 1 N–H and O–H groups in total. The van der Waals surface area contributed by atoms with E-state index in [1.165, 1.54) is 4.90 Å². The largest absolute Gasteiger partial charge is 0.494 e. The van der Waals surface area contributed by atoms with E-state index < -0.39 is 0 Å². The van der Waals surface area contributed by atoms with Gasteiger partial charge in [0.25, 0.3) is 11.8 Å². The summed E-state index contributed by atoms with van der Waals surface area (Å²) in [5.74, 6) is 0.247. The lowest BCUT2D eigenvalue weighted by molar-refractivity contribution is -0.139. The number of nitrogens with zero attached hydrogens (tertiary/aromatic N) is 3. The molecule has 1 aromatic carbocycles. The van der Waals surface area contributed by atoms with E-state index in [4.69, 9.17) is 9.47 Å². The molecule has 168 valence electrons. The van der Waals surface area contributed by atoms with Gasteiger partial charge in [0.05, 0.1) is 31.4 Å². The zero-order valence-corrected chi connectivity index (χ0v) is 18.1. The van der Waals surface area contributed by atoms with Crippen molar-refractivity contribution < 1.29 is 24.2 Å². The number of amides is 2. The van der Waals surface area contributed by atoms with Gasteiger partial charge in [0.1, 0.15) is 11.4 Å². The molecule has 0 aromatic heterocycles. The molecule has 1 atom stereocenters. The van der Waals surface area contributed by atoms with Crippen LogP contribution in [0.4, 0.5) is 0 Å². The van der Waals surface area contributed by atoms with Gasteiger partial charge in [-0.2, -0.15) is 0 Å². The molecule has 3 aliphatic rings. The molecule has 2 saturated heterocycles. The highest BCUT2D eigenvalue weighted by atomic mass is 16.5. The molecule has 2 fully saturated rings. The van der Waals surface area contributed by atoms with Crippen LogP contribution in [0, 0.1) is 0 Å². The molecule has 2 amide bonds. The molecule has 3 heterocycles. The maximum absolute atomic E-state index is 13.4. The Morgan fingerprint density at radius 3 is 2.45 bits per heavy atom. The highest BCUT2D eigenvalue weighted by molar-refractivity contribution is 6.35. The van der Waals surface area contributed by atoms with Crippen LogP contribution in [0.15, 0.2) is 30.0 Å². The highest BCUT2D eigenvalue weighted by Gasteiger charge is 2.43. The van der Waals surface area contributed by atoms with Gasteiger partial charge in [0, 0.05) is 39.3 Å². The van der Waals surface area contributed by atoms with Crippen LogP contribution in [0.1, 0.15) is 25.3 Å². The first kappa shape index (κ1) is 21.8. The first-order valence-corrected chi connectivity index (χ1v) is 11.2. The van der Waals surface area contributed by atoms with Crippen LogP contribution in [-0.2, 0) is 14.3 Å². The summed E-state index contributed by atoms with van der Waals surface area (Å²) in [5, 5.41) is 9.20. The van der Waals surface area contributed by atoms with Gasteiger partial charge in [-0.05, 0) is 37.5 Å². The Hall–Kier alpha value is -2.42. The van der Waals surface area contributed by atoms with Crippen molar-refractivity contribution in [3.63, 3.8) is 0 Å². The van der Waals surface area contributed by atoms with Gasteiger partial charge in [-0.3, -0.25) is 19.4 Å².